The summed E-state index contributed by atoms with van der Waals surface area (Å²) in [4.78, 5) is 32.2. The highest BCUT2D eigenvalue weighted by Crippen LogP contribution is 2.23. The van der Waals surface area contributed by atoms with E-state index in [4.69, 9.17) is 5.11 Å². The Morgan fingerprint density at radius 1 is 1.47 bits per heavy atom. The van der Waals surface area contributed by atoms with Crippen LogP contribution >= 0.6 is 0 Å². The van der Waals surface area contributed by atoms with Crippen LogP contribution in [0.4, 0.5) is 5.69 Å². The largest absolute Gasteiger partial charge is 0.477 e. The van der Waals surface area contributed by atoms with E-state index in [0.717, 1.165) is 6.07 Å². The van der Waals surface area contributed by atoms with Crippen molar-refractivity contribution in [2.45, 2.75) is 6.92 Å². The molecular weight excluding hydrogens is 230 g/mol. The third-order valence-corrected chi connectivity index (χ3v) is 1.95. The minimum Gasteiger partial charge on any atom is -0.477 e. The molecule has 1 rings (SSSR count). The first-order valence-corrected chi connectivity index (χ1v) is 4.66. The average molecular weight is 239 g/mol. The topological polar surface area (TPSA) is 107 Å². The maximum absolute atomic E-state index is 11.4. The van der Waals surface area contributed by atoms with E-state index in [-0.39, 0.29) is 12.2 Å². The number of carboxylic acid groups (broad SMARTS) is 1. The molecule has 0 fully saturated rings. The van der Waals surface area contributed by atoms with Crippen LogP contribution in [0.2, 0.25) is 0 Å². The van der Waals surface area contributed by atoms with Gasteiger partial charge in [-0.15, -0.1) is 0 Å². The second-order valence-electron chi connectivity index (χ2n) is 2.98. The Labute approximate surface area is 95.8 Å². The fraction of sp³-hybridized carbons (Fsp3) is 0.200. The summed E-state index contributed by atoms with van der Waals surface area (Å²) in [7, 11) is 0. The van der Waals surface area contributed by atoms with E-state index >= 15 is 0 Å². The van der Waals surface area contributed by atoms with Crippen molar-refractivity contribution in [3.05, 3.63) is 39.4 Å². The van der Waals surface area contributed by atoms with Crippen LogP contribution in [0.1, 0.15) is 27.6 Å². The van der Waals surface area contributed by atoms with Gasteiger partial charge in [-0.2, -0.15) is 0 Å². The molecule has 1 aromatic rings. The number of hydrogen-bond donors (Lipinski definition) is 1. The molecule has 0 aliphatic heterocycles. The predicted octanol–water partition coefficient (Wildman–Crippen LogP) is 1.47. The molecular formula is C10H9NO6. The summed E-state index contributed by atoms with van der Waals surface area (Å²) in [5, 5.41) is 19.5. The van der Waals surface area contributed by atoms with Crippen molar-refractivity contribution in [1.82, 2.24) is 0 Å². The second kappa shape index (κ2) is 5.06. The van der Waals surface area contributed by atoms with Gasteiger partial charge in [0.2, 0.25) is 0 Å². The van der Waals surface area contributed by atoms with E-state index < -0.39 is 28.1 Å². The molecule has 0 aliphatic rings. The van der Waals surface area contributed by atoms with Gasteiger partial charge in [0, 0.05) is 6.07 Å². The van der Waals surface area contributed by atoms with Gasteiger partial charge in [0.05, 0.1) is 17.1 Å². The van der Waals surface area contributed by atoms with Crippen molar-refractivity contribution >= 4 is 17.6 Å². The van der Waals surface area contributed by atoms with E-state index in [1.54, 1.807) is 6.92 Å². The highest BCUT2D eigenvalue weighted by atomic mass is 16.6. The molecule has 0 bridgehead atoms. The zero-order valence-electron chi connectivity index (χ0n) is 8.87. The smallest absolute Gasteiger partial charge is 0.343 e. The van der Waals surface area contributed by atoms with Crippen LogP contribution in [0, 0.1) is 10.1 Å². The van der Waals surface area contributed by atoms with Crippen LogP contribution in [-0.4, -0.2) is 28.6 Å². The quantitative estimate of drug-likeness (QED) is 0.484. The van der Waals surface area contributed by atoms with E-state index in [1.807, 2.05) is 0 Å². The number of carboxylic acids is 1. The Balaban J connectivity index is 3.40. The Kier molecular flexibility index (Phi) is 3.76. The normalized spacial score (nSPS) is 9.71. The minimum atomic E-state index is -1.54. The lowest BCUT2D eigenvalue weighted by atomic mass is 10.1. The van der Waals surface area contributed by atoms with Crippen LogP contribution in [0.3, 0.4) is 0 Å². The summed E-state index contributed by atoms with van der Waals surface area (Å²) in [6, 6.07) is 3.43. The molecule has 0 atom stereocenters. The highest BCUT2D eigenvalue weighted by molar-refractivity contribution is 6.05. The van der Waals surface area contributed by atoms with Gasteiger partial charge in [0.1, 0.15) is 0 Å². The van der Waals surface area contributed by atoms with Crippen molar-refractivity contribution in [2.75, 3.05) is 6.61 Å². The Hall–Kier alpha value is -2.44. The molecule has 0 amide bonds. The molecule has 7 heteroatoms. The van der Waals surface area contributed by atoms with Crippen molar-refractivity contribution in [3.8, 4) is 0 Å². The molecule has 1 aromatic carbocycles. The summed E-state index contributed by atoms with van der Waals surface area (Å²) in [5.41, 5.74) is -1.62. The molecule has 0 heterocycles. The number of ether oxygens (including phenoxy) is 1. The number of carbonyl (C=O) groups is 2. The maximum Gasteiger partial charge on any atom is 0.343 e. The van der Waals surface area contributed by atoms with Crippen molar-refractivity contribution in [1.29, 1.82) is 0 Å². The van der Waals surface area contributed by atoms with Crippen LogP contribution < -0.4 is 0 Å². The van der Waals surface area contributed by atoms with Gasteiger partial charge in [-0.3, -0.25) is 10.1 Å². The molecule has 90 valence electrons. The van der Waals surface area contributed by atoms with Gasteiger partial charge in [0.25, 0.3) is 5.69 Å². The first-order chi connectivity index (χ1) is 7.99. The molecule has 0 unspecified atom stereocenters. The summed E-state index contributed by atoms with van der Waals surface area (Å²) in [6.07, 6.45) is 0. The lowest BCUT2D eigenvalue weighted by Gasteiger charge is -2.05. The van der Waals surface area contributed by atoms with Gasteiger partial charge in [0.15, 0.2) is 5.56 Å². The number of rotatable bonds is 4. The Morgan fingerprint density at radius 3 is 2.59 bits per heavy atom. The minimum absolute atomic E-state index is 0.0561. The van der Waals surface area contributed by atoms with Crippen molar-refractivity contribution in [3.63, 3.8) is 0 Å². The summed E-state index contributed by atoms with van der Waals surface area (Å²) in [6.45, 7) is 1.61. The van der Waals surface area contributed by atoms with Crippen LogP contribution in [0.5, 0.6) is 0 Å². The molecule has 1 N–H and O–H groups in total. The van der Waals surface area contributed by atoms with Crippen molar-refractivity contribution in [2.24, 2.45) is 0 Å². The van der Waals surface area contributed by atoms with Gasteiger partial charge in [-0.1, -0.05) is 6.07 Å². The van der Waals surface area contributed by atoms with Crippen LogP contribution in [-0.2, 0) is 4.74 Å². The van der Waals surface area contributed by atoms with Gasteiger partial charge < -0.3 is 9.84 Å². The number of nitrogens with zero attached hydrogens (tertiary/aromatic N) is 1. The fourth-order valence-corrected chi connectivity index (χ4v) is 1.30. The first-order valence-electron chi connectivity index (χ1n) is 4.66. The molecule has 17 heavy (non-hydrogen) atoms. The lowest BCUT2D eigenvalue weighted by Crippen LogP contribution is -2.13. The molecule has 0 saturated carbocycles. The third kappa shape index (κ3) is 2.57. The SMILES string of the molecule is CCOC(=O)c1cccc([N+](=O)[O-])c1C(=O)O. The standard InChI is InChI=1S/C10H9NO6/c1-2-17-10(14)6-4-3-5-7(11(15)16)8(6)9(12)13/h3-5H,2H2,1H3,(H,12,13). The van der Waals surface area contributed by atoms with Gasteiger partial charge in [-0.05, 0) is 13.0 Å². The summed E-state index contributed by atoms with van der Waals surface area (Å²) in [5.74, 6) is -2.44. The maximum atomic E-state index is 11.4. The number of aromatic carboxylic acids is 1. The highest BCUT2D eigenvalue weighted by Gasteiger charge is 2.27. The monoisotopic (exact) mass is 239 g/mol. The second-order valence-corrected chi connectivity index (χ2v) is 2.98. The number of benzene rings is 1. The van der Waals surface area contributed by atoms with Crippen LogP contribution in [0.15, 0.2) is 18.2 Å². The molecule has 0 radical (unpaired) electrons. The molecule has 0 saturated heterocycles. The predicted molar refractivity (Wildman–Crippen MR) is 56.0 cm³/mol. The Morgan fingerprint density at radius 2 is 2.12 bits per heavy atom. The van der Waals surface area contributed by atoms with E-state index in [9.17, 15) is 19.7 Å². The van der Waals surface area contributed by atoms with E-state index in [0.29, 0.717) is 0 Å². The van der Waals surface area contributed by atoms with Gasteiger partial charge >= 0.3 is 11.9 Å². The summed E-state index contributed by atoms with van der Waals surface area (Å²) >= 11 is 0. The number of carbonyl (C=O) groups excluding carboxylic acids is 1. The van der Waals surface area contributed by atoms with Crippen molar-refractivity contribution < 1.29 is 24.4 Å². The lowest BCUT2D eigenvalue weighted by molar-refractivity contribution is -0.385. The zero-order valence-corrected chi connectivity index (χ0v) is 8.87. The molecule has 0 aliphatic carbocycles. The average Bonchev–Trinajstić information content (AvgIpc) is 2.28. The Bertz CT molecular complexity index is 482. The molecule has 7 nitrogen and oxygen atoms in total. The van der Waals surface area contributed by atoms with Gasteiger partial charge in [-0.25, -0.2) is 9.59 Å². The van der Waals surface area contributed by atoms with E-state index in [2.05, 4.69) is 4.74 Å². The number of nitro benzene ring substituents is 1. The van der Waals surface area contributed by atoms with E-state index in [1.165, 1.54) is 12.1 Å². The molecule has 0 spiro atoms. The number of esters is 1. The fourth-order valence-electron chi connectivity index (χ4n) is 1.30. The zero-order chi connectivity index (χ0) is 13.0. The number of nitro groups is 1. The first kappa shape index (κ1) is 12.6. The van der Waals surface area contributed by atoms with Crippen LogP contribution in [0.25, 0.3) is 0 Å². The summed E-state index contributed by atoms with van der Waals surface area (Å²) < 4.78 is 4.63. The molecule has 0 aromatic heterocycles. The number of hydrogen-bond acceptors (Lipinski definition) is 5. The third-order valence-electron chi connectivity index (χ3n) is 1.95.